The van der Waals surface area contributed by atoms with Gasteiger partial charge in [0, 0.05) is 6.04 Å². The maximum Gasteiger partial charge on any atom is 0.167 e. The van der Waals surface area contributed by atoms with Gasteiger partial charge in [0.15, 0.2) is 6.30 Å². The Bertz CT molecular complexity index is 68.5. The molecule has 0 radical (unpaired) electrons. The molecule has 0 aliphatic carbocycles. The van der Waals surface area contributed by atoms with Gasteiger partial charge >= 0.3 is 0 Å². The predicted octanol–water partition coefficient (Wildman–Crippen LogP) is 0.144. The highest BCUT2D eigenvalue weighted by atomic mass is 19.1. The normalized spacial score (nSPS) is 19.0. The van der Waals surface area contributed by atoms with Crippen molar-refractivity contribution >= 4 is 0 Å². The highest BCUT2D eigenvalue weighted by Crippen LogP contribution is 1.84. The Kier molecular flexibility index (Phi) is 3.39. The number of hydrogen-bond donors (Lipinski definition) is 2. The fourth-order valence-corrected chi connectivity index (χ4v) is 0.281. The molecule has 0 fully saturated rings. The molecule has 0 heterocycles. The van der Waals surface area contributed by atoms with Crippen molar-refractivity contribution in [3.05, 3.63) is 12.2 Å². The number of hydrogen-bond acceptors (Lipinski definition) is 2. The van der Waals surface area contributed by atoms with Crippen molar-refractivity contribution in [2.45, 2.75) is 19.3 Å². The molecule has 0 aliphatic heterocycles. The molecule has 0 aromatic rings. The summed E-state index contributed by atoms with van der Waals surface area (Å²) in [5, 5.41) is 0. The molecule has 0 spiro atoms. The predicted molar refractivity (Wildman–Crippen MR) is 31.9 cm³/mol. The SMILES string of the molecule is CC(N)/C=C/C(N)F. The molecule has 0 aliphatic rings. The summed E-state index contributed by atoms with van der Waals surface area (Å²) in [7, 11) is 0. The monoisotopic (exact) mass is 118 g/mol. The zero-order valence-electron chi connectivity index (χ0n) is 4.84. The average molecular weight is 118 g/mol. The Morgan fingerprint density at radius 3 is 2.00 bits per heavy atom. The summed E-state index contributed by atoms with van der Waals surface area (Å²) in [6.07, 6.45) is 1.37. The molecule has 0 aromatic heterocycles. The molecular formula is C5H11FN2. The van der Waals surface area contributed by atoms with E-state index in [1.807, 2.05) is 0 Å². The minimum atomic E-state index is -1.37. The van der Waals surface area contributed by atoms with Crippen LogP contribution in [0.4, 0.5) is 4.39 Å². The molecule has 48 valence electrons. The summed E-state index contributed by atoms with van der Waals surface area (Å²) in [4.78, 5) is 0. The van der Waals surface area contributed by atoms with E-state index in [-0.39, 0.29) is 6.04 Å². The highest BCUT2D eigenvalue weighted by Gasteiger charge is 1.88. The molecule has 0 saturated carbocycles. The topological polar surface area (TPSA) is 52.0 Å². The van der Waals surface area contributed by atoms with Crippen molar-refractivity contribution in [1.82, 2.24) is 0 Å². The largest absolute Gasteiger partial charge is 0.325 e. The van der Waals surface area contributed by atoms with Gasteiger partial charge in [0.2, 0.25) is 0 Å². The van der Waals surface area contributed by atoms with Crippen molar-refractivity contribution in [1.29, 1.82) is 0 Å². The van der Waals surface area contributed by atoms with Crippen LogP contribution in [0.5, 0.6) is 0 Å². The lowest BCUT2D eigenvalue weighted by molar-refractivity contribution is 0.411. The van der Waals surface area contributed by atoms with Crippen LogP contribution >= 0.6 is 0 Å². The first-order valence-electron chi connectivity index (χ1n) is 2.46. The molecule has 2 atom stereocenters. The second-order valence-electron chi connectivity index (χ2n) is 1.69. The molecule has 2 unspecified atom stereocenters. The van der Waals surface area contributed by atoms with Gasteiger partial charge in [-0.3, -0.25) is 5.73 Å². The molecule has 8 heavy (non-hydrogen) atoms. The van der Waals surface area contributed by atoms with Gasteiger partial charge in [-0.2, -0.15) is 0 Å². The Morgan fingerprint density at radius 1 is 1.38 bits per heavy atom. The van der Waals surface area contributed by atoms with Crippen LogP contribution in [0.3, 0.4) is 0 Å². The lowest BCUT2D eigenvalue weighted by Crippen LogP contribution is -2.14. The quantitative estimate of drug-likeness (QED) is 0.400. The molecule has 0 aromatic carbocycles. The number of halogens is 1. The van der Waals surface area contributed by atoms with Crippen LogP contribution in [-0.2, 0) is 0 Å². The van der Waals surface area contributed by atoms with Crippen molar-refractivity contribution in [2.24, 2.45) is 11.5 Å². The Labute approximate surface area is 48.4 Å². The van der Waals surface area contributed by atoms with E-state index in [0.29, 0.717) is 0 Å². The molecule has 2 nitrogen and oxygen atoms in total. The summed E-state index contributed by atoms with van der Waals surface area (Å²) < 4.78 is 11.7. The lowest BCUT2D eigenvalue weighted by atomic mass is 10.3. The highest BCUT2D eigenvalue weighted by molar-refractivity contribution is 4.91. The third-order valence-corrected chi connectivity index (χ3v) is 0.599. The van der Waals surface area contributed by atoms with Crippen LogP contribution in [0.2, 0.25) is 0 Å². The molecule has 0 amide bonds. The van der Waals surface area contributed by atoms with Crippen LogP contribution in [0.1, 0.15) is 6.92 Å². The minimum Gasteiger partial charge on any atom is -0.325 e. The van der Waals surface area contributed by atoms with Gasteiger partial charge in [-0.05, 0) is 13.0 Å². The Morgan fingerprint density at radius 2 is 1.88 bits per heavy atom. The summed E-state index contributed by atoms with van der Waals surface area (Å²) in [5.74, 6) is 0. The molecular weight excluding hydrogens is 107 g/mol. The smallest absolute Gasteiger partial charge is 0.167 e. The first kappa shape index (κ1) is 7.59. The van der Waals surface area contributed by atoms with Crippen molar-refractivity contribution in [2.75, 3.05) is 0 Å². The molecule has 4 N–H and O–H groups in total. The van der Waals surface area contributed by atoms with Crippen LogP contribution in [-0.4, -0.2) is 12.3 Å². The van der Waals surface area contributed by atoms with Gasteiger partial charge in [-0.1, -0.05) is 6.08 Å². The fourth-order valence-electron chi connectivity index (χ4n) is 0.281. The van der Waals surface area contributed by atoms with Crippen LogP contribution in [0.25, 0.3) is 0 Å². The maximum absolute atomic E-state index is 11.7. The molecule has 0 rings (SSSR count). The summed E-state index contributed by atoms with van der Waals surface area (Å²) >= 11 is 0. The summed E-state index contributed by atoms with van der Waals surface area (Å²) in [6, 6.07) is -0.114. The molecule has 3 heteroatoms. The van der Waals surface area contributed by atoms with E-state index >= 15 is 0 Å². The maximum atomic E-state index is 11.7. The zero-order valence-corrected chi connectivity index (χ0v) is 4.84. The van der Waals surface area contributed by atoms with Crippen LogP contribution in [0.15, 0.2) is 12.2 Å². The van der Waals surface area contributed by atoms with E-state index in [0.717, 1.165) is 0 Å². The van der Waals surface area contributed by atoms with E-state index in [9.17, 15) is 4.39 Å². The molecule has 0 saturated heterocycles. The average Bonchev–Trinajstić information content (AvgIpc) is 1.61. The van der Waals surface area contributed by atoms with E-state index in [1.54, 1.807) is 6.92 Å². The van der Waals surface area contributed by atoms with E-state index in [2.05, 4.69) is 0 Å². The van der Waals surface area contributed by atoms with Gasteiger partial charge in [0.1, 0.15) is 0 Å². The lowest BCUT2D eigenvalue weighted by Gasteiger charge is -1.94. The van der Waals surface area contributed by atoms with E-state index in [1.165, 1.54) is 12.2 Å². The number of nitrogens with two attached hydrogens (primary N) is 2. The van der Waals surface area contributed by atoms with Gasteiger partial charge in [0.25, 0.3) is 0 Å². The van der Waals surface area contributed by atoms with Crippen molar-refractivity contribution in [3.8, 4) is 0 Å². The van der Waals surface area contributed by atoms with Gasteiger partial charge in [-0.15, -0.1) is 0 Å². The second kappa shape index (κ2) is 3.57. The molecule has 0 bridgehead atoms. The third kappa shape index (κ3) is 5.59. The fraction of sp³-hybridized carbons (Fsp3) is 0.600. The first-order valence-corrected chi connectivity index (χ1v) is 2.46. The Hall–Kier alpha value is -0.410. The van der Waals surface area contributed by atoms with E-state index in [4.69, 9.17) is 11.5 Å². The summed E-state index contributed by atoms with van der Waals surface area (Å²) in [6.45, 7) is 1.75. The van der Waals surface area contributed by atoms with Crippen LogP contribution < -0.4 is 11.5 Å². The zero-order chi connectivity index (χ0) is 6.57. The summed E-state index contributed by atoms with van der Waals surface area (Å²) in [5.41, 5.74) is 9.96. The van der Waals surface area contributed by atoms with Crippen LogP contribution in [0, 0.1) is 0 Å². The standard InChI is InChI=1S/C5H11FN2/c1-4(7)2-3-5(6)8/h2-5H,7-8H2,1H3/b3-2+. The van der Waals surface area contributed by atoms with Gasteiger partial charge < -0.3 is 5.73 Å². The Balaban J connectivity index is 3.34. The van der Waals surface area contributed by atoms with E-state index < -0.39 is 6.30 Å². The first-order chi connectivity index (χ1) is 3.63. The van der Waals surface area contributed by atoms with Gasteiger partial charge in [-0.25, -0.2) is 4.39 Å². The number of rotatable bonds is 2. The third-order valence-electron chi connectivity index (χ3n) is 0.599. The van der Waals surface area contributed by atoms with Gasteiger partial charge in [0.05, 0.1) is 0 Å². The minimum absolute atomic E-state index is 0.114. The number of alkyl halides is 1. The van der Waals surface area contributed by atoms with Crippen molar-refractivity contribution < 1.29 is 4.39 Å². The van der Waals surface area contributed by atoms with Crippen molar-refractivity contribution in [3.63, 3.8) is 0 Å². The second-order valence-corrected chi connectivity index (χ2v) is 1.69.